The molecule has 2 aromatic rings. The predicted octanol–water partition coefficient (Wildman–Crippen LogP) is 4.99. The van der Waals surface area contributed by atoms with Gasteiger partial charge in [-0.2, -0.15) is 23.3 Å². The number of nitrogens with zero attached hydrogens (tertiary/aromatic N) is 2. The van der Waals surface area contributed by atoms with E-state index in [-0.39, 0.29) is 29.2 Å². The van der Waals surface area contributed by atoms with Crippen LogP contribution in [0.1, 0.15) is 22.8 Å². The van der Waals surface area contributed by atoms with E-state index >= 15 is 0 Å². The Balaban J connectivity index is 2.04. The van der Waals surface area contributed by atoms with Gasteiger partial charge in [-0.15, -0.1) is 0 Å². The van der Waals surface area contributed by atoms with Crippen LogP contribution in [0.5, 0.6) is 11.5 Å². The van der Waals surface area contributed by atoms with Crippen molar-refractivity contribution in [2.45, 2.75) is 13.1 Å². The molecular formula is C22H18BrF3N2O5. The van der Waals surface area contributed by atoms with Crippen LogP contribution in [0.25, 0.3) is 6.08 Å². The second-order valence-electron chi connectivity index (χ2n) is 6.62. The maximum absolute atomic E-state index is 13.7. The topological polar surface area (TPSA) is 77.4 Å². The van der Waals surface area contributed by atoms with Gasteiger partial charge < -0.3 is 14.2 Å². The fourth-order valence-electron chi connectivity index (χ4n) is 3.02. The molecule has 0 fully saturated rings. The van der Waals surface area contributed by atoms with Crippen LogP contribution >= 0.6 is 15.9 Å². The molecule has 1 aliphatic heterocycles. The highest BCUT2D eigenvalue weighted by molar-refractivity contribution is 9.10. The van der Waals surface area contributed by atoms with E-state index in [4.69, 9.17) is 14.2 Å². The minimum absolute atomic E-state index is 0.0598. The summed E-state index contributed by atoms with van der Waals surface area (Å²) in [6, 6.07) is 8.27. The number of hydrazone groups is 1. The molecule has 0 N–H and O–H groups in total. The van der Waals surface area contributed by atoms with E-state index < -0.39 is 29.3 Å². The largest absolute Gasteiger partial charge is 0.493 e. The van der Waals surface area contributed by atoms with Crippen molar-refractivity contribution in [2.75, 3.05) is 25.8 Å². The molecule has 174 valence electrons. The summed E-state index contributed by atoms with van der Waals surface area (Å²) in [5, 5.41) is 4.16. The van der Waals surface area contributed by atoms with Gasteiger partial charge in [0.15, 0.2) is 17.2 Å². The summed E-state index contributed by atoms with van der Waals surface area (Å²) in [5.41, 5.74) is -1.48. The van der Waals surface area contributed by atoms with E-state index in [0.717, 1.165) is 6.08 Å². The number of halogens is 4. The maximum Gasteiger partial charge on any atom is 0.435 e. The minimum Gasteiger partial charge on any atom is -0.493 e. The summed E-state index contributed by atoms with van der Waals surface area (Å²) >= 11 is 3.27. The van der Waals surface area contributed by atoms with E-state index in [2.05, 4.69) is 21.0 Å². The van der Waals surface area contributed by atoms with Crippen molar-refractivity contribution in [3.05, 3.63) is 57.6 Å². The third-order valence-electron chi connectivity index (χ3n) is 4.57. The maximum atomic E-state index is 13.7. The van der Waals surface area contributed by atoms with Crippen molar-refractivity contribution in [2.24, 2.45) is 5.10 Å². The van der Waals surface area contributed by atoms with Gasteiger partial charge in [0.1, 0.15) is 0 Å². The number of carbonyl (C=O) groups is 2. The average molecular weight is 527 g/mol. The lowest BCUT2D eigenvalue weighted by Crippen LogP contribution is -2.25. The number of rotatable bonds is 6. The monoisotopic (exact) mass is 526 g/mol. The summed E-state index contributed by atoms with van der Waals surface area (Å²) in [7, 11) is 2.80. The van der Waals surface area contributed by atoms with Gasteiger partial charge in [0.2, 0.25) is 0 Å². The summed E-state index contributed by atoms with van der Waals surface area (Å²) in [5.74, 6) is -0.935. The van der Waals surface area contributed by atoms with Gasteiger partial charge >= 0.3 is 12.1 Å². The van der Waals surface area contributed by atoms with Gasteiger partial charge in [-0.05, 0) is 55.0 Å². The van der Waals surface area contributed by atoms with E-state index in [1.807, 2.05) is 0 Å². The zero-order valence-electron chi connectivity index (χ0n) is 17.7. The van der Waals surface area contributed by atoms with Crippen molar-refractivity contribution in [1.82, 2.24) is 0 Å². The molecule has 1 amide bonds. The number of hydrogen-bond acceptors (Lipinski definition) is 6. The number of esters is 1. The minimum atomic E-state index is -4.88. The highest BCUT2D eigenvalue weighted by Gasteiger charge is 2.47. The zero-order valence-corrected chi connectivity index (χ0v) is 19.3. The molecular weight excluding hydrogens is 509 g/mol. The Hall–Kier alpha value is -3.34. The molecule has 7 nitrogen and oxygen atoms in total. The summed E-state index contributed by atoms with van der Waals surface area (Å²) in [4.78, 5) is 24.8. The second kappa shape index (κ2) is 9.65. The Labute approximate surface area is 195 Å². The number of ether oxygens (including phenoxy) is 3. The number of anilines is 1. The third kappa shape index (κ3) is 5.03. The first kappa shape index (κ1) is 24.3. The van der Waals surface area contributed by atoms with Crippen LogP contribution < -0.4 is 14.5 Å². The fraction of sp³-hybridized carbons (Fsp3) is 0.227. The molecule has 0 atom stereocenters. The normalized spacial score (nSPS) is 15.0. The van der Waals surface area contributed by atoms with Gasteiger partial charge in [0, 0.05) is 4.47 Å². The van der Waals surface area contributed by atoms with Crippen LogP contribution in [0.3, 0.4) is 0 Å². The highest BCUT2D eigenvalue weighted by Crippen LogP contribution is 2.37. The summed E-state index contributed by atoms with van der Waals surface area (Å²) in [6.45, 7) is 1.82. The fourth-order valence-corrected chi connectivity index (χ4v) is 3.46. The van der Waals surface area contributed by atoms with Crippen molar-refractivity contribution in [3.63, 3.8) is 0 Å². The van der Waals surface area contributed by atoms with Gasteiger partial charge in [-0.1, -0.05) is 15.9 Å². The number of carbonyl (C=O) groups excluding carboxylic acids is 2. The Morgan fingerprint density at radius 2 is 1.73 bits per heavy atom. The number of hydrogen-bond donors (Lipinski definition) is 0. The molecule has 0 bridgehead atoms. The molecule has 0 saturated carbocycles. The quantitative estimate of drug-likeness (QED) is 0.391. The van der Waals surface area contributed by atoms with Crippen molar-refractivity contribution < 1.29 is 37.0 Å². The van der Waals surface area contributed by atoms with Crippen LogP contribution in [0, 0.1) is 0 Å². The van der Waals surface area contributed by atoms with Gasteiger partial charge in [-0.25, -0.2) is 4.79 Å². The van der Waals surface area contributed by atoms with Gasteiger partial charge in [-0.3, -0.25) is 4.79 Å². The molecule has 0 aromatic heterocycles. The Morgan fingerprint density at radius 3 is 2.27 bits per heavy atom. The van der Waals surface area contributed by atoms with Crippen molar-refractivity contribution >= 4 is 45.3 Å². The highest BCUT2D eigenvalue weighted by atomic mass is 79.9. The average Bonchev–Trinajstić information content (AvgIpc) is 3.11. The number of amides is 1. The molecule has 11 heteroatoms. The molecule has 0 radical (unpaired) electrons. The van der Waals surface area contributed by atoms with E-state index in [1.54, 1.807) is 6.92 Å². The summed E-state index contributed by atoms with van der Waals surface area (Å²) in [6.07, 6.45) is -3.81. The van der Waals surface area contributed by atoms with E-state index in [0.29, 0.717) is 15.2 Å². The predicted molar refractivity (Wildman–Crippen MR) is 119 cm³/mol. The Kier molecular flexibility index (Phi) is 7.11. The molecule has 0 saturated heterocycles. The van der Waals surface area contributed by atoms with E-state index in [1.165, 1.54) is 50.6 Å². The third-order valence-corrected chi connectivity index (χ3v) is 5.26. The summed E-state index contributed by atoms with van der Waals surface area (Å²) < 4.78 is 56.8. The van der Waals surface area contributed by atoms with E-state index in [9.17, 15) is 22.8 Å². The SMILES string of the molecule is CCOC(=O)c1ccc(N2N=C(C(F)(F)F)C(=Cc3cc(OC)c(OC)cc3Br)C2=O)cc1. The number of methoxy groups -OCH3 is 2. The molecule has 1 heterocycles. The molecule has 2 aromatic carbocycles. The number of alkyl halides is 3. The number of benzene rings is 2. The standard InChI is InChI=1S/C22H18BrF3N2O5/c1-4-33-21(30)12-5-7-14(8-6-12)28-20(29)15(19(27-28)22(24,25)26)9-13-10-17(31-2)18(32-3)11-16(13)23/h5-11H,4H2,1-3H3. The molecule has 33 heavy (non-hydrogen) atoms. The first-order valence-corrected chi connectivity index (χ1v) is 10.3. The van der Waals surface area contributed by atoms with Crippen LogP contribution in [0.2, 0.25) is 0 Å². The first-order chi connectivity index (χ1) is 15.6. The van der Waals surface area contributed by atoms with Crippen molar-refractivity contribution in [3.8, 4) is 11.5 Å². The Bertz CT molecular complexity index is 1140. The van der Waals surface area contributed by atoms with Crippen LogP contribution in [0.15, 0.2) is 51.5 Å². The molecule has 0 aliphatic carbocycles. The van der Waals surface area contributed by atoms with Crippen molar-refractivity contribution in [1.29, 1.82) is 0 Å². The second-order valence-corrected chi connectivity index (χ2v) is 7.47. The van der Waals surface area contributed by atoms with Crippen LogP contribution in [-0.4, -0.2) is 44.6 Å². The zero-order chi connectivity index (χ0) is 24.3. The Morgan fingerprint density at radius 1 is 1.12 bits per heavy atom. The smallest absolute Gasteiger partial charge is 0.435 e. The lowest BCUT2D eigenvalue weighted by atomic mass is 10.1. The van der Waals surface area contributed by atoms with Gasteiger partial charge in [0.05, 0.1) is 37.7 Å². The van der Waals surface area contributed by atoms with Crippen LogP contribution in [0.4, 0.5) is 18.9 Å². The first-order valence-electron chi connectivity index (χ1n) is 9.51. The van der Waals surface area contributed by atoms with Gasteiger partial charge in [0.25, 0.3) is 5.91 Å². The van der Waals surface area contributed by atoms with Crippen LogP contribution in [-0.2, 0) is 9.53 Å². The lowest BCUT2D eigenvalue weighted by molar-refractivity contribution is -0.114. The molecule has 0 unspecified atom stereocenters. The lowest BCUT2D eigenvalue weighted by Gasteiger charge is -2.13. The molecule has 0 spiro atoms. The molecule has 3 rings (SSSR count). The molecule has 1 aliphatic rings.